The average Bonchev–Trinajstić information content (AvgIpc) is 1.68. The van der Waals surface area contributed by atoms with Gasteiger partial charge in [0.05, 0.1) is 0 Å². The van der Waals surface area contributed by atoms with Gasteiger partial charge in [-0.15, -0.1) is 0 Å². The van der Waals surface area contributed by atoms with Crippen molar-refractivity contribution in [1.29, 1.82) is 0 Å². The molecule has 1 atom stereocenters. The van der Waals surface area contributed by atoms with Crippen molar-refractivity contribution < 1.29 is 0 Å². The summed E-state index contributed by atoms with van der Waals surface area (Å²) in [5, 5.41) is 0. The summed E-state index contributed by atoms with van der Waals surface area (Å²) < 4.78 is 0.708. The van der Waals surface area contributed by atoms with E-state index in [-0.39, 0.29) is 0 Å². The third kappa shape index (κ3) is 3.17. The fourth-order valence-electron chi connectivity index (χ4n) is 0.177. The molecule has 0 spiro atoms. The summed E-state index contributed by atoms with van der Waals surface area (Å²) in [6.45, 7) is 6.98. The summed E-state index contributed by atoms with van der Waals surface area (Å²) >= 11 is 0.347. The van der Waals surface area contributed by atoms with Gasteiger partial charge in [0.1, 0.15) is 0 Å². The molecule has 0 aliphatic rings. The van der Waals surface area contributed by atoms with E-state index in [4.69, 9.17) is 0 Å². The Labute approximate surface area is 53.4 Å². The van der Waals surface area contributed by atoms with Crippen LogP contribution in [0.3, 0.4) is 0 Å². The molecule has 44 valence electrons. The normalized spacial score (nSPS) is 13.7. The predicted octanol–water partition coefficient (Wildman–Crippen LogP) is 2.08. The molecule has 0 rings (SSSR count). The molecule has 0 N–H and O–H groups in total. The molecule has 0 saturated heterocycles. The molecular formula is C6H15As. The molecule has 0 amide bonds. The van der Waals surface area contributed by atoms with Gasteiger partial charge in [0, 0.05) is 0 Å². The van der Waals surface area contributed by atoms with Crippen molar-refractivity contribution in [2.45, 2.75) is 37.1 Å². The maximum absolute atomic E-state index is 2.36. The van der Waals surface area contributed by atoms with Gasteiger partial charge in [-0.2, -0.15) is 0 Å². The van der Waals surface area contributed by atoms with Crippen molar-refractivity contribution in [2.24, 2.45) is 0 Å². The van der Waals surface area contributed by atoms with Crippen LogP contribution in [0.2, 0.25) is 9.91 Å². The Morgan fingerprint density at radius 3 is 1.86 bits per heavy atom. The van der Waals surface area contributed by atoms with Crippen LogP contribution in [-0.2, 0) is 0 Å². The summed E-state index contributed by atoms with van der Waals surface area (Å²) in [5.41, 5.74) is 2.36. The Bertz CT molecular complexity index is 42.1. The van der Waals surface area contributed by atoms with E-state index in [9.17, 15) is 0 Å². The van der Waals surface area contributed by atoms with Crippen LogP contribution in [0.4, 0.5) is 0 Å². The Morgan fingerprint density at radius 1 is 1.43 bits per heavy atom. The molecule has 0 aromatic heterocycles. The van der Waals surface area contributed by atoms with E-state index in [1.807, 2.05) is 0 Å². The molecule has 0 saturated carbocycles. The molecular weight excluding hydrogens is 147 g/mol. The first kappa shape index (κ1) is 7.56. The fourth-order valence-corrected chi connectivity index (χ4v) is 0.919. The van der Waals surface area contributed by atoms with Crippen LogP contribution in [0.1, 0.15) is 27.2 Å². The van der Waals surface area contributed by atoms with Crippen LogP contribution in [0.15, 0.2) is 0 Å². The third-order valence-corrected chi connectivity index (χ3v) is 5.14. The number of hydrogen-bond donors (Lipinski definition) is 0. The molecule has 7 heavy (non-hydrogen) atoms. The molecule has 0 radical (unpaired) electrons. The van der Waals surface area contributed by atoms with Gasteiger partial charge in [-0.25, -0.2) is 0 Å². The fraction of sp³-hybridized carbons (Fsp3) is 1.00. The number of hydrogen-bond acceptors (Lipinski definition) is 0. The number of rotatable bonds is 2. The van der Waals surface area contributed by atoms with E-state index in [2.05, 4.69) is 26.5 Å². The predicted molar refractivity (Wildman–Crippen MR) is 37.3 cm³/mol. The SMILES string of the molecule is CCC(C)(C)[AsH]C. The molecule has 0 aliphatic carbocycles. The average molecular weight is 162 g/mol. The summed E-state index contributed by atoms with van der Waals surface area (Å²) in [4.78, 5) is 0. The molecule has 1 heteroatoms. The van der Waals surface area contributed by atoms with E-state index < -0.39 is 0 Å². The van der Waals surface area contributed by atoms with Gasteiger partial charge in [0.15, 0.2) is 0 Å². The zero-order valence-electron chi connectivity index (χ0n) is 5.71. The first-order valence-corrected chi connectivity index (χ1v) is 5.96. The second-order valence-corrected chi connectivity index (χ2v) is 6.38. The van der Waals surface area contributed by atoms with Crippen molar-refractivity contribution in [2.75, 3.05) is 0 Å². The summed E-state index contributed by atoms with van der Waals surface area (Å²) in [6, 6.07) is 0. The van der Waals surface area contributed by atoms with Crippen molar-refractivity contribution in [1.82, 2.24) is 0 Å². The van der Waals surface area contributed by atoms with Crippen LogP contribution in [0.25, 0.3) is 0 Å². The van der Waals surface area contributed by atoms with Gasteiger partial charge in [0.2, 0.25) is 0 Å². The summed E-state index contributed by atoms with van der Waals surface area (Å²) in [6.07, 6.45) is 1.35. The molecule has 0 aromatic carbocycles. The molecule has 0 nitrogen and oxygen atoms in total. The molecule has 0 heterocycles. The summed E-state index contributed by atoms with van der Waals surface area (Å²) in [5.74, 6) is 0. The molecule has 1 unspecified atom stereocenters. The zero-order valence-corrected chi connectivity index (χ0v) is 7.81. The van der Waals surface area contributed by atoms with Crippen molar-refractivity contribution in [3.63, 3.8) is 0 Å². The first-order chi connectivity index (χ1) is 3.12. The second kappa shape index (κ2) is 2.77. The van der Waals surface area contributed by atoms with Gasteiger partial charge < -0.3 is 0 Å². The van der Waals surface area contributed by atoms with Crippen LogP contribution < -0.4 is 0 Å². The minimum absolute atomic E-state index is 0.347. The molecule has 0 aliphatic heterocycles. The molecule has 0 fully saturated rings. The van der Waals surface area contributed by atoms with E-state index in [0.29, 0.717) is 20.0 Å². The van der Waals surface area contributed by atoms with Gasteiger partial charge in [0.25, 0.3) is 0 Å². The Morgan fingerprint density at radius 2 is 1.86 bits per heavy atom. The van der Waals surface area contributed by atoms with Crippen molar-refractivity contribution in [3.8, 4) is 0 Å². The van der Waals surface area contributed by atoms with Crippen molar-refractivity contribution >= 4 is 15.8 Å². The standard InChI is InChI=1S/C6H15As/c1-5-6(2,3)7-4/h7H,5H2,1-4H3. The topological polar surface area (TPSA) is 0 Å². The monoisotopic (exact) mass is 162 g/mol. The Balaban J connectivity index is 3.36. The van der Waals surface area contributed by atoms with E-state index in [0.717, 1.165) is 0 Å². The van der Waals surface area contributed by atoms with Crippen LogP contribution >= 0.6 is 0 Å². The van der Waals surface area contributed by atoms with E-state index in [1.54, 1.807) is 0 Å². The van der Waals surface area contributed by atoms with Crippen LogP contribution in [0, 0.1) is 0 Å². The Hall–Kier alpha value is 0.558. The Kier molecular flexibility index (Phi) is 2.99. The quantitative estimate of drug-likeness (QED) is 0.545. The maximum atomic E-state index is 2.36. The molecule has 0 aromatic rings. The summed E-state index contributed by atoms with van der Waals surface area (Å²) in [7, 11) is 0. The first-order valence-electron chi connectivity index (χ1n) is 2.81. The van der Waals surface area contributed by atoms with Gasteiger partial charge in [-0.05, 0) is 0 Å². The van der Waals surface area contributed by atoms with Gasteiger partial charge >= 0.3 is 52.9 Å². The molecule has 0 bridgehead atoms. The van der Waals surface area contributed by atoms with Gasteiger partial charge in [-0.1, -0.05) is 0 Å². The zero-order chi connectivity index (χ0) is 5.91. The van der Waals surface area contributed by atoms with E-state index in [1.165, 1.54) is 6.42 Å². The van der Waals surface area contributed by atoms with E-state index >= 15 is 0 Å². The van der Waals surface area contributed by atoms with Crippen molar-refractivity contribution in [3.05, 3.63) is 0 Å². The van der Waals surface area contributed by atoms with Crippen LogP contribution in [0.5, 0.6) is 0 Å². The van der Waals surface area contributed by atoms with Crippen LogP contribution in [-0.4, -0.2) is 15.8 Å². The second-order valence-electron chi connectivity index (χ2n) is 2.49. The van der Waals surface area contributed by atoms with Gasteiger partial charge in [-0.3, -0.25) is 0 Å². The minimum atomic E-state index is 0.347. The third-order valence-electron chi connectivity index (χ3n) is 1.56.